The van der Waals surface area contributed by atoms with Gasteiger partial charge in [0.05, 0.1) is 23.6 Å². The number of carbonyl (C=O) groups excluding carboxylic acids is 1. The Kier molecular flexibility index (Phi) is 8.55. The van der Waals surface area contributed by atoms with E-state index in [1.807, 2.05) is 72.1 Å². The van der Waals surface area contributed by atoms with Crippen molar-refractivity contribution in [2.24, 2.45) is 5.92 Å². The van der Waals surface area contributed by atoms with Crippen LogP contribution in [0.15, 0.2) is 72.9 Å². The highest BCUT2D eigenvalue weighted by Crippen LogP contribution is 2.39. The van der Waals surface area contributed by atoms with Gasteiger partial charge in [0.2, 0.25) is 5.95 Å². The molecule has 4 heterocycles. The maximum Gasteiger partial charge on any atom is 0.320 e. The number of amides is 2. The molecule has 5 aromatic rings. The van der Waals surface area contributed by atoms with E-state index in [0.29, 0.717) is 5.82 Å². The minimum Gasteiger partial charge on any atom is -0.484 e. The number of ether oxygens (including phenoxy) is 1. The number of aromatic nitrogens is 5. The molecular weight excluding hydrogens is 604 g/mol. The molecule has 7 rings (SSSR count). The first-order valence-electron chi connectivity index (χ1n) is 16.9. The van der Waals surface area contributed by atoms with Crippen molar-refractivity contribution < 1.29 is 14.6 Å². The van der Waals surface area contributed by atoms with Gasteiger partial charge in [-0.3, -0.25) is 9.72 Å². The van der Waals surface area contributed by atoms with Gasteiger partial charge < -0.3 is 20.1 Å². The van der Waals surface area contributed by atoms with E-state index in [1.54, 1.807) is 4.68 Å². The predicted molar refractivity (Wildman–Crippen MR) is 186 cm³/mol. The van der Waals surface area contributed by atoms with Crippen LogP contribution >= 0.6 is 0 Å². The van der Waals surface area contributed by atoms with Gasteiger partial charge in [-0.05, 0) is 73.9 Å². The summed E-state index contributed by atoms with van der Waals surface area (Å²) in [6, 6.07) is 21.6. The normalized spacial score (nSPS) is 19.6. The van der Waals surface area contributed by atoms with Gasteiger partial charge in [-0.25, -0.2) is 9.48 Å². The van der Waals surface area contributed by atoms with Crippen LogP contribution in [0.3, 0.4) is 0 Å². The number of anilines is 2. The largest absolute Gasteiger partial charge is 0.484 e. The number of aryl methyl sites for hydroxylation is 1. The molecule has 0 saturated carbocycles. The summed E-state index contributed by atoms with van der Waals surface area (Å²) < 4.78 is 10.4. The summed E-state index contributed by atoms with van der Waals surface area (Å²) >= 11 is 0. The van der Waals surface area contributed by atoms with Gasteiger partial charge in [0.1, 0.15) is 17.7 Å². The smallest absolute Gasteiger partial charge is 0.320 e. The Morgan fingerprint density at radius 3 is 2.56 bits per heavy atom. The highest BCUT2D eigenvalue weighted by molar-refractivity contribution is 5.89. The van der Waals surface area contributed by atoms with Gasteiger partial charge in [-0.15, -0.1) is 10.2 Å². The number of nitrogens with zero attached hydrogens (tertiary/aromatic N) is 6. The van der Waals surface area contributed by atoms with E-state index < -0.39 is 0 Å². The van der Waals surface area contributed by atoms with Crippen molar-refractivity contribution >= 4 is 23.4 Å². The van der Waals surface area contributed by atoms with Crippen LogP contribution in [0.2, 0.25) is 0 Å². The van der Waals surface area contributed by atoms with E-state index in [2.05, 4.69) is 58.6 Å². The number of nitrogens with one attached hydrogen (secondary N) is 2. The van der Waals surface area contributed by atoms with Crippen LogP contribution < -0.4 is 20.3 Å². The number of pyridine rings is 1. The van der Waals surface area contributed by atoms with Crippen LogP contribution in [0.1, 0.15) is 81.0 Å². The lowest BCUT2D eigenvalue weighted by atomic mass is 9.85. The zero-order valence-corrected chi connectivity index (χ0v) is 28.1. The second kappa shape index (κ2) is 13.0. The number of fused-ring (bicyclic) bond motifs is 2. The highest BCUT2D eigenvalue weighted by Gasteiger charge is 2.30. The fourth-order valence-corrected chi connectivity index (χ4v) is 6.76. The van der Waals surface area contributed by atoms with E-state index in [4.69, 9.17) is 9.84 Å². The minimum absolute atomic E-state index is 0.175. The molecule has 1 fully saturated rings. The molecule has 2 aromatic carbocycles. The number of aliphatic hydroxyl groups excluding tert-OH is 1. The van der Waals surface area contributed by atoms with E-state index >= 15 is 0 Å². The van der Waals surface area contributed by atoms with Crippen molar-refractivity contribution in [3.8, 4) is 11.4 Å². The Morgan fingerprint density at radius 2 is 1.79 bits per heavy atom. The molecule has 1 aliphatic carbocycles. The van der Waals surface area contributed by atoms with Gasteiger partial charge in [0.15, 0.2) is 5.65 Å². The molecule has 11 nitrogen and oxygen atoms in total. The molecule has 1 unspecified atom stereocenters. The van der Waals surface area contributed by atoms with Gasteiger partial charge in [0, 0.05) is 31.2 Å². The van der Waals surface area contributed by atoms with Crippen LogP contribution in [-0.2, 0) is 5.41 Å². The van der Waals surface area contributed by atoms with E-state index in [0.717, 1.165) is 84.2 Å². The first-order valence-corrected chi connectivity index (χ1v) is 16.9. The molecule has 3 aromatic heterocycles. The van der Waals surface area contributed by atoms with E-state index in [9.17, 15) is 9.90 Å². The fraction of sp³-hybridized carbons (Fsp3) is 0.405. The molecule has 1 aliphatic heterocycles. The molecule has 0 bridgehead atoms. The molecule has 3 N–H and O–H groups in total. The molecule has 1 saturated heterocycles. The average molecular weight is 649 g/mol. The summed E-state index contributed by atoms with van der Waals surface area (Å²) in [7, 11) is 0. The van der Waals surface area contributed by atoms with Crippen LogP contribution in [0.5, 0.6) is 5.75 Å². The molecule has 3 atom stereocenters. The molecule has 11 heteroatoms. The number of urea groups is 1. The first kappa shape index (κ1) is 31.7. The van der Waals surface area contributed by atoms with Gasteiger partial charge in [-0.2, -0.15) is 5.10 Å². The van der Waals surface area contributed by atoms with Crippen molar-refractivity contribution in [1.82, 2.24) is 29.7 Å². The molecule has 2 amide bonds. The SMILES string of the molecule is Cc1ccc(-n2nc(C(C)(C)C)cc2NC(=O)N[C@H]2CC[C@@H](Oc3ccc4nnc(N5CCCC(CO)C5)n4c3)c3ccccc32)cc1. The average Bonchev–Trinajstić information content (AvgIpc) is 3.71. The Bertz CT molecular complexity index is 1910. The van der Waals surface area contributed by atoms with Crippen LogP contribution in [0.4, 0.5) is 16.6 Å². The second-order valence-electron chi connectivity index (χ2n) is 14.1. The highest BCUT2D eigenvalue weighted by atomic mass is 16.5. The van der Waals surface area contributed by atoms with Crippen molar-refractivity contribution in [3.05, 3.63) is 95.3 Å². The number of piperidine rings is 1. The van der Waals surface area contributed by atoms with Gasteiger partial charge in [-0.1, -0.05) is 62.7 Å². The lowest BCUT2D eigenvalue weighted by Gasteiger charge is -2.32. The molecule has 48 heavy (non-hydrogen) atoms. The number of hydrogen-bond donors (Lipinski definition) is 3. The van der Waals surface area contributed by atoms with E-state index in [-0.39, 0.29) is 36.1 Å². The first-order chi connectivity index (χ1) is 23.2. The summed E-state index contributed by atoms with van der Waals surface area (Å²) in [5, 5.41) is 29.7. The maximum absolute atomic E-state index is 13.5. The van der Waals surface area contributed by atoms with Crippen LogP contribution in [0, 0.1) is 12.8 Å². The summed E-state index contributed by atoms with van der Waals surface area (Å²) in [6.45, 7) is 10.2. The van der Waals surface area contributed by atoms with Crippen molar-refractivity contribution in [2.45, 2.75) is 70.9 Å². The number of rotatable bonds is 7. The standard InChI is InChI=1S/C37H44N8O3/c1-24-11-13-26(14-12-24)45-34(20-32(42-45)37(2,3)4)39-35(47)38-30-16-17-31(29-10-6-5-9-28(29)30)48-27-15-18-33-40-41-36(44(33)22-27)43-19-7-8-25(21-43)23-46/h5-6,9-15,18,20,22,25,30-31,46H,7-8,16-17,19,21,23H2,1-4H3,(H2,38,39,47)/t25?,30-,31+/m0/s1. The van der Waals surface area contributed by atoms with Gasteiger partial charge in [0.25, 0.3) is 0 Å². The van der Waals surface area contributed by atoms with Crippen LogP contribution in [0.25, 0.3) is 11.3 Å². The Balaban J connectivity index is 1.08. The zero-order chi connectivity index (χ0) is 33.4. The van der Waals surface area contributed by atoms with Crippen molar-refractivity contribution in [3.63, 3.8) is 0 Å². The number of aliphatic hydroxyl groups is 1. The third-order valence-electron chi connectivity index (χ3n) is 9.43. The molecule has 0 spiro atoms. The lowest BCUT2D eigenvalue weighted by Crippen LogP contribution is -2.37. The summed E-state index contributed by atoms with van der Waals surface area (Å²) in [4.78, 5) is 15.7. The summed E-state index contributed by atoms with van der Waals surface area (Å²) in [5.74, 6) is 2.35. The maximum atomic E-state index is 13.5. The molecule has 0 radical (unpaired) electrons. The van der Waals surface area contributed by atoms with Gasteiger partial charge >= 0.3 is 6.03 Å². The van der Waals surface area contributed by atoms with Crippen molar-refractivity contribution in [1.29, 1.82) is 0 Å². The van der Waals surface area contributed by atoms with Crippen LogP contribution in [-0.4, -0.2) is 55.2 Å². The van der Waals surface area contributed by atoms with Crippen molar-refractivity contribution in [2.75, 3.05) is 29.9 Å². The van der Waals surface area contributed by atoms with E-state index in [1.165, 1.54) is 0 Å². The Morgan fingerprint density at radius 1 is 1.00 bits per heavy atom. The topological polar surface area (TPSA) is 122 Å². The Hall–Kier alpha value is -4.90. The monoisotopic (exact) mass is 648 g/mol. The third-order valence-corrected chi connectivity index (χ3v) is 9.43. The predicted octanol–water partition coefficient (Wildman–Crippen LogP) is 6.51. The molecule has 250 valence electrons. The lowest BCUT2D eigenvalue weighted by molar-refractivity contribution is 0.171. The molecular formula is C37H44N8O3. The fourth-order valence-electron chi connectivity index (χ4n) is 6.76. The molecule has 2 aliphatic rings. The number of hydrogen-bond acceptors (Lipinski definition) is 7. The second-order valence-corrected chi connectivity index (χ2v) is 14.1. The number of carbonyl (C=O) groups is 1. The number of benzene rings is 2. The quantitative estimate of drug-likeness (QED) is 0.184. The Labute approximate surface area is 280 Å². The minimum atomic E-state index is -0.283. The summed E-state index contributed by atoms with van der Waals surface area (Å²) in [5.41, 5.74) is 5.60. The zero-order valence-electron chi connectivity index (χ0n) is 28.1. The summed E-state index contributed by atoms with van der Waals surface area (Å²) in [6.07, 6.45) is 5.26. The third kappa shape index (κ3) is 6.47.